The Morgan fingerprint density at radius 2 is 1.82 bits per heavy atom. The summed E-state index contributed by atoms with van der Waals surface area (Å²) in [6.07, 6.45) is 5.49. The zero-order valence-corrected chi connectivity index (χ0v) is 24.2. The summed E-state index contributed by atoms with van der Waals surface area (Å²) in [6.45, 7) is 8.67. The Morgan fingerprint density at radius 1 is 1.12 bits per heavy atom. The largest absolute Gasteiger partial charge is 0.497 e. The number of nitrogens with one attached hydrogen (secondary N) is 1. The van der Waals surface area contributed by atoms with Crippen LogP contribution in [-0.4, -0.2) is 37.1 Å². The number of carbonyl (C=O) groups is 2. The van der Waals surface area contributed by atoms with Crippen LogP contribution in [0.2, 0.25) is 0 Å². The van der Waals surface area contributed by atoms with Crippen molar-refractivity contribution >= 4 is 32.8 Å². The number of benzene rings is 2. The fraction of sp³-hybridized carbons (Fsp3) is 0.419. The van der Waals surface area contributed by atoms with Gasteiger partial charge in [0.15, 0.2) is 0 Å². The minimum Gasteiger partial charge on any atom is -0.497 e. The number of methoxy groups -OCH3 is 1. The van der Waals surface area contributed by atoms with E-state index in [2.05, 4.69) is 11.3 Å². The third-order valence-corrected chi connectivity index (χ3v) is 10.3. The Bertz CT molecular complexity index is 1650. The first kappa shape index (κ1) is 28.0. The van der Waals surface area contributed by atoms with Crippen molar-refractivity contribution < 1.29 is 27.9 Å². The lowest BCUT2D eigenvalue weighted by atomic mass is 9.73. The number of amides is 1. The molecule has 0 saturated heterocycles. The molecule has 0 radical (unpaired) electrons. The quantitative estimate of drug-likeness (QED) is 0.370. The van der Waals surface area contributed by atoms with Crippen LogP contribution in [0.15, 0.2) is 47.9 Å². The smallest absolute Gasteiger partial charge is 0.311 e. The summed E-state index contributed by atoms with van der Waals surface area (Å²) in [5.74, 6) is -1.05. The van der Waals surface area contributed by atoms with Crippen LogP contribution < -0.4 is 9.46 Å². The van der Waals surface area contributed by atoms with Gasteiger partial charge in [-0.2, -0.15) is 0 Å². The summed E-state index contributed by atoms with van der Waals surface area (Å²) in [5, 5.41) is 11.5. The van der Waals surface area contributed by atoms with E-state index in [1.807, 2.05) is 35.8 Å². The van der Waals surface area contributed by atoms with E-state index in [1.165, 1.54) is 18.9 Å². The maximum Gasteiger partial charge on any atom is 0.311 e. The normalized spacial score (nSPS) is 21.2. The summed E-state index contributed by atoms with van der Waals surface area (Å²) in [6, 6.07) is 11.1. The molecule has 2 heterocycles. The molecule has 0 bridgehead atoms. The van der Waals surface area contributed by atoms with Crippen LogP contribution in [0.3, 0.4) is 0 Å². The molecule has 9 heteroatoms. The van der Waals surface area contributed by atoms with E-state index in [0.29, 0.717) is 5.75 Å². The molecule has 1 amide bonds. The van der Waals surface area contributed by atoms with E-state index >= 15 is 0 Å². The number of aliphatic carboxylic acids is 1. The second-order valence-electron chi connectivity index (χ2n) is 11.4. The number of carbonyl (C=O) groups excluding carboxylic acids is 1. The van der Waals surface area contributed by atoms with E-state index < -0.39 is 27.3 Å². The number of aromatic nitrogens is 1. The first-order chi connectivity index (χ1) is 18.9. The minimum absolute atomic E-state index is 0.156. The van der Waals surface area contributed by atoms with Crippen LogP contribution in [0.25, 0.3) is 22.2 Å². The van der Waals surface area contributed by atoms with Crippen LogP contribution in [0.1, 0.15) is 86.2 Å². The van der Waals surface area contributed by atoms with E-state index in [-0.39, 0.29) is 28.8 Å². The number of carboxylic acid groups (broad SMARTS) is 1. The predicted molar refractivity (Wildman–Crippen MR) is 155 cm³/mol. The molecule has 2 aliphatic rings. The Balaban J connectivity index is 1.82. The zero-order valence-electron chi connectivity index (χ0n) is 23.4. The van der Waals surface area contributed by atoms with Crippen molar-refractivity contribution in [2.45, 2.75) is 71.3 Å². The summed E-state index contributed by atoms with van der Waals surface area (Å²) < 4.78 is 34.3. The molecule has 2 atom stereocenters. The molecular formula is C31H36N2O6S. The number of nitrogens with zero attached hydrogens (tertiary/aromatic N) is 1. The van der Waals surface area contributed by atoms with Crippen LogP contribution in [-0.2, 0) is 21.4 Å². The molecule has 2 aromatic carbocycles. The lowest BCUT2D eigenvalue weighted by molar-refractivity contribution is -0.150. The molecule has 1 aromatic heterocycles. The van der Waals surface area contributed by atoms with Gasteiger partial charge in [-0.3, -0.25) is 9.59 Å². The number of hydrogen-bond acceptors (Lipinski definition) is 5. The number of allylic oxidation sites excluding steroid dienone is 1. The average Bonchev–Trinajstić information content (AvgIpc) is 3.20. The van der Waals surface area contributed by atoms with Gasteiger partial charge in [-0.15, -0.1) is 0 Å². The van der Waals surface area contributed by atoms with Crippen LogP contribution >= 0.6 is 0 Å². The van der Waals surface area contributed by atoms with Crippen molar-refractivity contribution in [3.63, 3.8) is 0 Å². The van der Waals surface area contributed by atoms with Gasteiger partial charge in [-0.1, -0.05) is 38.8 Å². The number of carboxylic acids is 1. The van der Waals surface area contributed by atoms with Crippen molar-refractivity contribution in [1.29, 1.82) is 0 Å². The van der Waals surface area contributed by atoms with Gasteiger partial charge in [0.2, 0.25) is 0 Å². The van der Waals surface area contributed by atoms with Crippen molar-refractivity contribution in [1.82, 2.24) is 9.29 Å². The van der Waals surface area contributed by atoms with Gasteiger partial charge in [-0.05, 0) is 80.0 Å². The summed E-state index contributed by atoms with van der Waals surface area (Å²) in [7, 11) is -2.41. The lowest BCUT2D eigenvalue weighted by Gasteiger charge is -2.31. The van der Waals surface area contributed by atoms with E-state index in [9.17, 15) is 23.1 Å². The lowest BCUT2D eigenvalue weighted by Crippen LogP contribution is -2.36. The molecule has 40 heavy (non-hydrogen) atoms. The topological polar surface area (TPSA) is 115 Å². The highest BCUT2D eigenvalue weighted by Gasteiger charge is 2.45. The van der Waals surface area contributed by atoms with Gasteiger partial charge in [0.1, 0.15) is 5.75 Å². The molecule has 1 fully saturated rings. The first-order valence-corrected chi connectivity index (χ1v) is 15.2. The SMILES string of the molecule is C=C(C)S(=O)(=O)NC(=O)c1ccc2c(C3CCCCC3)c3n(c2c1)C[C@](C)(C(=O)O)C(C)c1cc(OC)ccc1-3. The highest BCUT2D eigenvalue weighted by molar-refractivity contribution is 7.93. The van der Waals surface area contributed by atoms with Crippen molar-refractivity contribution in [2.24, 2.45) is 5.41 Å². The Hall–Kier alpha value is -3.59. The van der Waals surface area contributed by atoms with Gasteiger partial charge in [0, 0.05) is 28.6 Å². The summed E-state index contributed by atoms with van der Waals surface area (Å²) in [4.78, 5) is 25.8. The van der Waals surface area contributed by atoms with Gasteiger partial charge < -0.3 is 14.4 Å². The molecule has 1 unspecified atom stereocenters. The Morgan fingerprint density at radius 3 is 2.45 bits per heavy atom. The van der Waals surface area contributed by atoms with Crippen LogP contribution in [0.5, 0.6) is 5.75 Å². The molecule has 1 aliphatic heterocycles. The maximum absolute atomic E-state index is 13.1. The maximum atomic E-state index is 13.1. The summed E-state index contributed by atoms with van der Waals surface area (Å²) in [5.41, 5.74) is 3.76. The Labute approximate surface area is 235 Å². The van der Waals surface area contributed by atoms with E-state index in [1.54, 1.807) is 26.2 Å². The standard InChI is InChI=1S/C31H36N2O6S/c1-18(2)40(37,38)32-29(34)21-11-13-24-26(15-21)33-17-31(4,30(35)36)19(3)25-16-22(39-5)12-14-23(25)28(33)27(24)20-9-7-6-8-10-20/h11-16,19-20H,1,6-10,17H2,2-5H3,(H,32,34)(H,35,36)/t19?,31-/m0/s1. The predicted octanol–water partition coefficient (Wildman–Crippen LogP) is 6.17. The van der Waals surface area contributed by atoms with Crippen LogP contribution in [0, 0.1) is 5.41 Å². The second kappa shape index (κ2) is 10.1. The monoisotopic (exact) mass is 564 g/mol. The van der Waals surface area contributed by atoms with Gasteiger partial charge in [0.25, 0.3) is 15.9 Å². The molecule has 3 aromatic rings. The molecule has 2 N–H and O–H groups in total. The van der Waals surface area contributed by atoms with Crippen molar-refractivity contribution in [3.8, 4) is 17.0 Å². The number of fused-ring (bicyclic) bond motifs is 5. The summed E-state index contributed by atoms with van der Waals surface area (Å²) >= 11 is 0. The molecule has 8 nitrogen and oxygen atoms in total. The molecular weight excluding hydrogens is 528 g/mol. The third kappa shape index (κ3) is 4.50. The van der Waals surface area contributed by atoms with Gasteiger partial charge in [-0.25, -0.2) is 13.1 Å². The first-order valence-electron chi connectivity index (χ1n) is 13.7. The van der Waals surface area contributed by atoms with Gasteiger partial charge in [0.05, 0.1) is 23.1 Å². The van der Waals surface area contributed by atoms with Crippen LogP contribution in [0.4, 0.5) is 0 Å². The average molecular weight is 565 g/mol. The molecule has 5 rings (SSSR count). The molecule has 1 aliphatic carbocycles. The highest BCUT2D eigenvalue weighted by Crippen LogP contribution is 2.52. The number of hydrogen-bond donors (Lipinski definition) is 2. The number of sulfonamides is 1. The van der Waals surface area contributed by atoms with Gasteiger partial charge >= 0.3 is 5.97 Å². The van der Waals surface area contributed by atoms with Crippen molar-refractivity contribution in [3.05, 3.63) is 64.6 Å². The molecule has 1 saturated carbocycles. The van der Waals surface area contributed by atoms with Crippen molar-refractivity contribution in [2.75, 3.05) is 7.11 Å². The van der Waals surface area contributed by atoms with E-state index in [4.69, 9.17) is 4.74 Å². The molecule has 212 valence electrons. The fourth-order valence-corrected chi connectivity index (χ4v) is 6.88. The highest BCUT2D eigenvalue weighted by atomic mass is 32.2. The molecule has 0 spiro atoms. The Kier molecular flexibility index (Phi) is 7.06. The fourth-order valence-electron chi connectivity index (χ4n) is 6.35. The third-order valence-electron chi connectivity index (χ3n) is 8.98. The number of ether oxygens (including phenoxy) is 1. The van der Waals surface area contributed by atoms with E-state index in [0.717, 1.165) is 53.4 Å². The minimum atomic E-state index is -4.01. The second-order valence-corrected chi connectivity index (χ2v) is 13.4. The number of rotatable bonds is 6. The zero-order chi connectivity index (χ0) is 29.0.